The molecule has 5 nitrogen and oxygen atoms in total. The minimum Gasteiger partial charge on any atom is -0.310 e. The highest BCUT2D eigenvalue weighted by atomic mass is 15.3. The average Bonchev–Trinajstić information content (AvgIpc) is 2.94. The Labute approximate surface area is 101 Å². The van der Waals surface area contributed by atoms with Gasteiger partial charge in [0.15, 0.2) is 0 Å². The van der Waals surface area contributed by atoms with Gasteiger partial charge in [-0.2, -0.15) is 10.2 Å². The van der Waals surface area contributed by atoms with Crippen molar-refractivity contribution in [3.05, 3.63) is 24.2 Å². The Balaban J connectivity index is 2.18. The van der Waals surface area contributed by atoms with Crippen LogP contribution in [0.4, 0.5) is 0 Å². The smallest absolute Gasteiger partial charge is 0.0726 e. The van der Waals surface area contributed by atoms with Crippen LogP contribution in [0.15, 0.2) is 18.6 Å². The van der Waals surface area contributed by atoms with E-state index in [9.17, 15) is 0 Å². The summed E-state index contributed by atoms with van der Waals surface area (Å²) in [7, 11) is 0. The summed E-state index contributed by atoms with van der Waals surface area (Å²) in [5, 5.41) is 14.8. The lowest BCUT2D eigenvalue weighted by Gasteiger charge is -2.07. The maximum atomic E-state index is 4.28. The predicted octanol–water partition coefficient (Wildman–Crippen LogP) is 1.79. The van der Waals surface area contributed by atoms with Crippen molar-refractivity contribution < 1.29 is 0 Å². The summed E-state index contributed by atoms with van der Waals surface area (Å²) in [4.78, 5) is 0. The highest BCUT2D eigenvalue weighted by Crippen LogP contribution is 2.20. The van der Waals surface area contributed by atoms with Crippen molar-refractivity contribution in [1.82, 2.24) is 25.3 Å². The first-order valence-electron chi connectivity index (χ1n) is 5.99. The number of nitrogens with one attached hydrogen (secondary N) is 2. The highest BCUT2D eigenvalue weighted by molar-refractivity contribution is 5.60. The zero-order valence-electron chi connectivity index (χ0n) is 10.6. The Bertz CT molecular complexity index is 469. The number of aromatic nitrogens is 4. The third kappa shape index (κ3) is 2.74. The van der Waals surface area contributed by atoms with Crippen LogP contribution in [0, 0.1) is 0 Å². The van der Waals surface area contributed by atoms with Gasteiger partial charge in [-0.25, -0.2) is 0 Å². The van der Waals surface area contributed by atoms with Crippen LogP contribution in [0.2, 0.25) is 0 Å². The van der Waals surface area contributed by atoms with E-state index in [0.29, 0.717) is 6.04 Å². The Morgan fingerprint density at radius 3 is 2.88 bits per heavy atom. The molecule has 0 unspecified atom stereocenters. The van der Waals surface area contributed by atoms with E-state index in [1.54, 1.807) is 0 Å². The number of aromatic amines is 1. The van der Waals surface area contributed by atoms with Gasteiger partial charge in [0, 0.05) is 36.5 Å². The Morgan fingerprint density at radius 1 is 1.41 bits per heavy atom. The summed E-state index contributed by atoms with van der Waals surface area (Å²) in [6, 6.07) is 0.469. The summed E-state index contributed by atoms with van der Waals surface area (Å²) in [6.07, 6.45) is 5.77. The van der Waals surface area contributed by atoms with Gasteiger partial charge in [-0.05, 0) is 6.92 Å². The van der Waals surface area contributed by atoms with Crippen LogP contribution in [0.1, 0.15) is 26.3 Å². The highest BCUT2D eigenvalue weighted by Gasteiger charge is 2.09. The van der Waals surface area contributed by atoms with E-state index in [2.05, 4.69) is 41.4 Å². The molecule has 2 aromatic rings. The van der Waals surface area contributed by atoms with E-state index in [0.717, 1.165) is 24.3 Å². The van der Waals surface area contributed by atoms with Crippen molar-refractivity contribution in [3.63, 3.8) is 0 Å². The fraction of sp³-hybridized carbons (Fsp3) is 0.500. The molecule has 0 aliphatic rings. The molecule has 0 spiro atoms. The SMILES string of the molecule is CCn1cc(-c2[nH]ncc2CNC(C)C)cn1. The van der Waals surface area contributed by atoms with E-state index >= 15 is 0 Å². The molecule has 2 N–H and O–H groups in total. The van der Waals surface area contributed by atoms with Crippen LogP contribution >= 0.6 is 0 Å². The van der Waals surface area contributed by atoms with E-state index < -0.39 is 0 Å². The first-order valence-corrected chi connectivity index (χ1v) is 5.99. The van der Waals surface area contributed by atoms with Crippen LogP contribution in [0.5, 0.6) is 0 Å². The maximum absolute atomic E-state index is 4.28. The maximum Gasteiger partial charge on any atom is 0.0726 e. The van der Waals surface area contributed by atoms with Crippen LogP contribution in [-0.2, 0) is 13.1 Å². The fourth-order valence-electron chi connectivity index (χ4n) is 1.67. The second kappa shape index (κ2) is 5.14. The van der Waals surface area contributed by atoms with Crippen molar-refractivity contribution in [2.45, 2.75) is 39.9 Å². The van der Waals surface area contributed by atoms with E-state index in [1.165, 1.54) is 5.56 Å². The van der Waals surface area contributed by atoms with Gasteiger partial charge in [-0.1, -0.05) is 13.8 Å². The molecule has 2 rings (SSSR count). The molecule has 0 saturated carbocycles. The van der Waals surface area contributed by atoms with Crippen molar-refractivity contribution in [3.8, 4) is 11.3 Å². The molecule has 0 aliphatic carbocycles. The van der Waals surface area contributed by atoms with E-state index in [4.69, 9.17) is 0 Å². The van der Waals surface area contributed by atoms with Crippen molar-refractivity contribution in [2.24, 2.45) is 0 Å². The van der Waals surface area contributed by atoms with Gasteiger partial charge in [0.2, 0.25) is 0 Å². The summed E-state index contributed by atoms with van der Waals surface area (Å²) in [5.41, 5.74) is 3.32. The summed E-state index contributed by atoms with van der Waals surface area (Å²) in [5.74, 6) is 0. The van der Waals surface area contributed by atoms with E-state index in [1.807, 2.05) is 23.3 Å². The number of hydrogen-bond acceptors (Lipinski definition) is 3. The molecule has 92 valence electrons. The number of H-pyrrole nitrogens is 1. The molecule has 0 aromatic carbocycles. The van der Waals surface area contributed by atoms with Crippen molar-refractivity contribution >= 4 is 0 Å². The van der Waals surface area contributed by atoms with Crippen molar-refractivity contribution in [2.75, 3.05) is 0 Å². The van der Waals surface area contributed by atoms with Gasteiger partial charge < -0.3 is 5.32 Å². The molecule has 17 heavy (non-hydrogen) atoms. The second-order valence-corrected chi connectivity index (χ2v) is 4.39. The monoisotopic (exact) mass is 233 g/mol. The van der Waals surface area contributed by atoms with Gasteiger partial charge in [0.05, 0.1) is 18.1 Å². The molecule has 0 radical (unpaired) electrons. The number of hydrogen-bond donors (Lipinski definition) is 2. The predicted molar refractivity (Wildman–Crippen MR) is 67.5 cm³/mol. The number of nitrogens with zero attached hydrogens (tertiary/aromatic N) is 3. The second-order valence-electron chi connectivity index (χ2n) is 4.39. The lowest BCUT2D eigenvalue weighted by molar-refractivity contribution is 0.589. The van der Waals surface area contributed by atoms with Crippen LogP contribution in [0.3, 0.4) is 0 Å². The average molecular weight is 233 g/mol. The summed E-state index contributed by atoms with van der Waals surface area (Å²) >= 11 is 0. The summed E-state index contributed by atoms with van der Waals surface area (Å²) < 4.78 is 1.91. The quantitative estimate of drug-likeness (QED) is 0.827. The molecule has 0 fully saturated rings. The normalized spacial score (nSPS) is 11.3. The zero-order chi connectivity index (χ0) is 12.3. The molecule has 5 heteroatoms. The molecule has 2 heterocycles. The van der Waals surface area contributed by atoms with Crippen LogP contribution in [-0.4, -0.2) is 26.0 Å². The molecular weight excluding hydrogens is 214 g/mol. The lowest BCUT2D eigenvalue weighted by Crippen LogP contribution is -2.21. The number of rotatable bonds is 5. The zero-order valence-corrected chi connectivity index (χ0v) is 10.6. The first-order chi connectivity index (χ1) is 8.20. The van der Waals surface area contributed by atoms with Gasteiger partial charge in [-0.3, -0.25) is 9.78 Å². The van der Waals surface area contributed by atoms with Gasteiger partial charge in [0.25, 0.3) is 0 Å². The molecule has 2 aromatic heterocycles. The molecule has 0 saturated heterocycles. The van der Waals surface area contributed by atoms with Gasteiger partial charge in [-0.15, -0.1) is 0 Å². The Kier molecular flexibility index (Phi) is 3.58. The topological polar surface area (TPSA) is 58.5 Å². The largest absolute Gasteiger partial charge is 0.310 e. The first kappa shape index (κ1) is 11.9. The lowest BCUT2D eigenvalue weighted by atomic mass is 10.1. The molecule has 0 amide bonds. The Morgan fingerprint density at radius 2 is 2.24 bits per heavy atom. The molecule has 0 atom stereocenters. The molecule has 0 aliphatic heterocycles. The minimum absolute atomic E-state index is 0.469. The standard InChI is InChI=1S/C12H19N5/c1-4-17-8-11(7-15-17)12-10(6-14-16-12)5-13-9(2)3/h6-9,13H,4-5H2,1-3H3,(H,14,16). The third-order valence-electron chi connectivity index (χ3n) is 2.66. The molecule has 0 bridgehead atoms. The van der Waals surface area contributed by atoms with Crippen LogP contribution in [0.25, 0.3) is 11.3 Å². The third-order valence-corrected chi connectivity index (χ3v) is 2.66. The van der Waals surface area contributed by atoms with Crippen LogP contribution < -0.4 is 5.32 Å². The van der Waals surface area contributed by atoms with E-state index in [-0.39, 0.29) is 0 Å². The Hall–Kier alpha value is -1.62. The number of aryl methyl sites for hydroxylation is 1. The summed E-state index contributed by atoms with van der Waals surface area (Å²) in [6.45, 7) is 8.04. The molecular formula is C12H19N5. The van der Waals surface area contributed by atoms with Gasteiger partial charge >= 0.3 is 0 Å². The van der Waals surface area contributed by atoms with Crippen molar-refractivity contribution in [1.29, 1.82) is 0 Å². The minimum atomic E-state index is 0.469. The van der Waals surface area contributed by atoms with Gasteiger partial charge in [0.1, 0.15) is 0 Å². The fourth-order valence-corrected chi connectivity index (χ4v) is 1.67.